The fourth-order valence-electron chi connectivity index (χ4n) is 5.58. The number of β-lactam (4-membered cyclic amide) rings is 1. The molecule has 3 N–H and O–H groups in total. The predicted octanol–water partition coefficient (Wildman–Crippen LogP) is -1.73. The van der Waals surface area contributed by atoms with E-state index in [1.165, 1.54) is 16.7 Å². The summed E-state index contributed by atoms with van der Waals surface area (Å²) in [6.45, 7) is 2.18. The van der Waals surface area contributed by atoms with Crippen LogP contribution in [0.15, 0.2) is 47.4 Å². The maximum absolute atomic E-state index is 13.2. The Morgan fingerprint density at radius 2 is 2.03 bits per heavy atom. The van der Waals surface area contributed by atoms with E-state index in [1.807, 2.05) is 0 Å². The van der Waals surface area contributed by atoms with Crippen molar-refractivity contribution in [2.45, 2.75) is 38.4 Å². The van der Waals surface area contributed by atoms with Crippen LogP contribution in [-0.4, -0.2) is 99.2 Å². The van der Waals surface area contributed by atoms with Gasteiger partial charge in [-0.25, -0.2) is 4.79 Å². The number of hydrogen-bond acceptors (Lipinski definition) is 5. The first-order chi connectivity index (χ1) is 16.2. The van der Waals surface area contributed by atoms with Gasteiger partial charge in [0.15, 0.2) is 12.4 Å². The van der Waals surface area contributed by atoms with Gasteiger partial charge < -0.3 is 20.6 Å². The van der Waals surface area contributed by atoms with E-state index in [-0.39, 0.29) is 65.6 Å². The van der Waals surface area contributed by atoms with Gasteiger partial charge in [-0.2, -0.15) is 4.57 Å². The van der Waals surface area contributed by atoms with Crippen molar-refractivity contribution in [1.82, 2.24) is 9.80 Å². The molecule has 4 aliphatic rings. The molecule has 1 aromatic rings. The van der Waals surface area contributed by atoms with Gasteiger partial charge in [-0.05, 0) is 30.6 Å². The van der Waals surface area contributed by atoms with E-state index in [0.29, 0.717) is 42.8 Å². The first-order valence-electron chi connectivity index (χ1n) is 11.0. The van der Waals surface area contributed by atoms with Crippen molar-refractivity contribution in [1.29, 1.82) is 0 Å². The van der Waals surface area contributed by atoms with Crippen LogP contribution >= 0.6 is 0 Å². The third-order valence-electron chi connectivity index (χ3n) is 6.96. The summed E-state index contributed by atoms with van der Waals surface area (Å²) in [7, 11) is 0. The van der Waals surface area contributed by atoms with Crippen LogP contribution in [0.5, 0.6) is 0 Å². The van der Waals surface area contributed by atoms with Crippen LogP contribution in [-0.2, 0) is 30.5 Å². The van der Waals surface area contributed by atoms with Gasteiger partial charge in [0.2, 0.25) is 12.5 Å². The van der Waals surface area contributed by atoms with Crippen molar-refractivity contribution in [2.75, 3.05) is 18.0 Å². The zero-order chi connectivity index (χ0) is 24.3. The number of nitrogens with zero attached hydrogens (tertiary/aromatic N) is 4. The number of anilines is 1. The number of pyridine rings is 1. The van der Waals surface area contributed by atoms with Crippen LogP contribution in [0.4, 0.5) is 5.69 Å². The average Bonchev–Trinajstić information content (AvgIpc) is 3.31. The molecule has 0 bridgehead atoms. The van der Waals surface area contributed by atoms with Gasteiger partial charge in [-0.1, -0.05) is 0 Å². The van der Waals surface area contributed by atoms with Gasteiger partial charge in [-0.3, -0.25) is 24.1 Å². The van der Waals surface area contributed by atoms with Gasteiger partial charge >= 0.3 is 35.5 Å². The molecule has 1 aromatic heterocycles. The zero-order valence-electron chi connectivity index (χ0n) is 18.5. The van der Waals surface area contributed by atoms with E-state index in [4.69, 9.17) is 5.73 Å². The first kappa shape index (κ1) is 25.1. The Balaban J connectivity index is 0.00000289. The number of aromatic nitrogens is 1. The third kappa shape index (κ3) is 4.07. The van der Waals surface area contributed by atoms with Gasteiger partial charge in [0.25, 0.3) is 17.7 Å². The number of amides is 4. The molecule has 4 aliphatic heterocycles. The fourth-order valence-corrected chi connectivity index (χ4v) is 5.58. The number of likely N-dealkylation sites (tertiary alicyclic amines) is 1. The molecule has 4 amide bonds. The summed E-state index contributed by atoms with van der Waals surface area (Å²) in [4.78, 5) is 65.6. The number of carboxylic acid groups (broad SMARTS) is 1. The molecule has 12 heteroatoms. The number of carbonyl (C=O) groups excluding carboxylic acids is 4. The number of aliphatic carboxylic acids is 1. The monoisotopic (exact) mass is 490 g/mol. The second-order valence-corrected chi connectivity index (χ2v) is 9.04. The summed E-state index contributed by atoms with van der Waals surface area (Å²) < 4.78 is 1.59. The van der Waals surface area contributed by atoms with Crippen molar-refractivity contribution in [3.8, 4) is 0 Å². The molecule has 35 heavy (non-hydrogen) atoms. The molecule has 0 spiro atoms. The summed E-state index contributed by atoms with van der Waals surface area (Å²) in [6.07, 6.45) is 5.71. The Labute approximate surface area is 223 Å². The SMILES string of the molecule is CC(=O)N1C[C@H]2CC(/C=C3\CCN(c4ccc[n+](CC(N)=O)c4)C3=O)=C(C(=O)O)N3C(=O)[C@@H]1[C@@H]23.[NaH]. The second-order valence-electron chi connectivity index (χ2n) is 9.04. The Hall–Kier alpha value is -3.02. The van der Waals surface area contributed by atoms with E-state index in [2.05, 4.69) is 0 Å². The number of rotatable bonds is 5. The topological polar surface area (TPSA) is 145 Å². The summed E-state index contributed by atoms with van der Waals surface area (Å²) in [6, 6.07) is 2.54. The second kappa shape index (κ2) is 9.21. The number of hydrogen-bond donors (Lipinski definition) is 2. The van der Waals surface area contributed by atoms with Crippen molar-refractivity contribution >= 4 is 64.8 Å². The summed E-state index contributed by atoms with van der Waals surface area (Å²) in [5.74, 6) is -2.66. The van der Waals surface area contributed by atoms with Crippen LogP contribution in [0.3, 0.4) is 0 Å². The molecular weight excluding hydrogens is 465 g/mol. The van der Waals surface area contributed by atoms with Crippen molar-refractivity contribution in [3.05, 3.63) is 47.4 Å². The normalized spacial score (nSPS) is 26.0. The summed E-state index contributed by atoms with van der Waals surface area (Å²) in [5, 5.41) is 9.89. The Morgan fingerprint density at radius 1 is 1.29 bits per heavy atom. The van der Waals surface area contributed by atoms with Crippen LogP contribution in [0.2, 0.25) is 0 Å². The molecule has 11 nitrogen and oxygen atoms in total. The Kier molecular flexibility index (Phi) is 6.60. The van der Waals surface area contributed by atoms with Crippen molar-refractivity contribution in [2.24, 2.45) is 11.7 Å². The molecule has 0 unspecified atom stereocenters. The third-order valence-corrected chi connectivity index (χ3v) is 6.96. The number of primary amides is 1. The molecule has 0 saturated carbocycles. The molecule has 0 aromatic carbocycles. The molecule has 3 fully saturated rings. The molecule has 0 aliphatic carbocycles. The summed E-state index contributed by atoms with van der Waals surface area (Å²) in [5.41, 5.74) is 6.62. The molecule has 3 atom stereocenters. The van der Waals surface area contributed by atoms with Gasteiger partial charge in [-0.15, -0.1) is 0 Å². The fraction of sp³-hybridized carbons (Fsp3) is 0.391. The van der Waals surface area contributed by atoms with Crippen LogP contribution in [0.25, 0.3) is 0 Å². The van der Waals surface area contributed by atoms with Crippen molar-refractivity contribution < 1.29 is 33.6 Å². The number of carbonyl (C=O) groups is 5. The van der Waals surface area contributed by atoms with Gasteiger partial charge in [0.05, 0.1) is 6.04 Å². The van der Waals surface area contributed by atoms with Crippen LogP contribution in [0, 0.1) is 5.92 Å². The minimum atomic E-state index is -1.23. The van der Waals surface area contributed by atoms with Crippen LogP contribution in [0.1, 0.15) is 19.8 Å². The van der Waals surface area contributed by atoms with E-state index in [0.717, 1.165) is 0 Å². The van der Waals surface area contributed by atoms with E-state index in [9.17, 15) is 29.1 Å². The number of nitrogens with two attached hydrogens (primary N) is 1. The van der Waals surface area contributed by atoms with Crippen LogP contribution < -0.4 is 15.2 Å². The standard InChI is InChI=1S/C23H23N5O6.Na.H/c1-12(29)27-9-15-8-14(19(23(33)34)28-18(15)20(27)22(28)32)7-13-4-6-26(21(13)31)16-3-2-5-25(10-16)11-17(24)30;;/h2-3,5,7,10,15,18,20H,4,6,8-9,11H2,1H3,(H2-,24,30,33,34);;/p+1/b13-7+;;/t15-,18-,20+;;/m1../s1. The first-order valence-corrected chi connectivity index (χ1v) is 11.0. The molecule has 5 rings (SSSR count). The molecule has 0 radical (unpaired) electrons. The summed E-state index contributed by atoms with van der Waals surface area (Å²) >= 11 is 0. The van der Waals surface area contributed by atoms with Gasteiger partial charge in [0.1, 0.15) is 17.4 Å². The molecule has 3 saturated heterocycles. The predicted molar refractivity (Wildman–Crippen MR) is 123 cm³/mol. The number of carboxylic acids is 1. The van der Waals surface area contributed by atoms with E-state index in [1.54, 1.807) is 40.1 Å². The van der Waals surface area contributed by atoms with Crippen molar-refractivity contribution in [3.63, 3.8) is 0 Å². The Bertz CT molecular complexity index is 1230. The van der Waals surface area contributed by atoms with E-state index < -0.39 is 23.8 Å². The maximum atomic E-state index is 13.2. The Morgan fingerprint density at radius 3 is 2.69 bits per heavy atom. The van der Waals surface area contributed by atoms with Gasteiger partial charge in [0, 0.05) is 37.6 Å². The molecular formula is C23H25N5NaO6+. The average molecular weight is 490 g/mol. The number of allylic oxidation sites excluding steroid dienone is 2. The quantitative estimate of drug-likeness (QED) is 0.217. The minimum absolute atomic E-state index is 0. The van der Waals surface area contributed by atoms with E-state index >= 15 is 0 Å². The molecule has 5 heterocycles. The molecule has 178 valence electrons. The zero-order valence-corrected chi connectivity index (χ0v) is 18.5.